The first-order chi connectivity index (χ1) is 8.63. The molecule has 0 saturated carbocycles. The maximum atomic E-state index is 9.24. The quantitative estimate of drug-likeness (QED) is 0.854. The van der Waals surface area contributed by atoms with Crippen LogP contribution in [0.4, 0.5) is 5.69 Å². The fraction of sp³-hybridized carbons (Fsp3) is 0.250. The molecule has 2 nitrogen and oxygen atoms in total. The van der Waals surface area contributed by atoms with Gasteiger partial charge in [-0.25, -0.2) is 0 Å². The lowest BCUT2D eigenvalue weighted by atomic mass is 10.1. The van der Waals surface area contributed by atoms with Crippen LogP contribution < -0.4 is 5.32 Å². The standard InChI is InChI=1S/C16H19NO/c1-12-4-3-5-15(10-12)17-13(2)11-14-6-8-16(18)9-7-14/h3-10,13,17-18H,11H2,1-2H3. The van der Waals surface area contributed by atoms with Crippen molar-refractivity contribution >= 4 is 5.69 Å². The van der Waals surface area contributed by atoms with Gasteiger partial charge in [-0.05, 0) is 55.7 Å². The number of phenolic OH excluding ortho intramolecular Hbond substituents is 1. The minimum atomic E-state index is 0.318. The van der Waals surface area contributed by atoms with Crippen molar-refractivity contribution in [2.45, 2.75) is 26.3 Å². The molecule has 2 N–H and O–H groups in total. The van der Waals surface area contributed by atoms with Crippen molar-refractivity contribution in [3.05, 3.63) is 59.7 Å². The van der Waals surface area contributed by atoms with E-state index in [1.54, 1.807) is 12.1 Å². The summed E-state index contributed by atoms with van der Waals surface area (Å²) in [5.41, 5.74) is 3.64. The Labute approximate surface area is 108 Å². The van der Waals surface area contributed by atoms with E-state index in [1.807, 2.05) is 12.1 Å². The minimum Gasteiger partial charge on any atom is -0.508 e. The monoisotopic (exact) mass is 241 g/mol. The normalized spacial score (nSPS) is 12.1. The smallest absolute Gasteiger partial charge is 0.115 e. The molecule has 0 aliphatic heterocycles. The highest BCUT2D eigenvalue weighted by Crippen LogP contribution is 2.15. The Balaban J connectivity index is 1.96. The van der Waals surface area contributed by atoms with Crippen LogP contribution in [0.3, 0.4) is 0 Å². The van der Waals surface area contributed by atoms with Crippen molar-refractivity contribution in [2.75, 3.05) is 5.32 Å². The molecular formula is C16H19NO. The molecule has 94 valence electrons. The lowest BCUT2D eigenvalue weighted by Crippen LogP contribution is -2.17. The van der Waals surface area contributed by atoms with Gasteiger partial charge in [-0.1, -0.05) is 24.3 Å². The molecule has 2 rings (SSSR count). The Morgan fingerprint density at radius 1 is 1.11 bits per heavy atom. The largest absolute Gasteiger partial charge is 0.508 e. The summed E-state index contributed by atoms with van der Waals surface area (Å²) >= 11 is 0. The summed E-state index contributed by atoms with van der Waals surface area (Å²) in [5, 5.41) is 12.7. The summed E-state index contributed by atoms with van der Waals surface area (Å²) in [6, 6.07) is 16.1. The fourth-order valence-electron chi connectivity index (χ4n) is 2.06. The number of aryl methyl sites for hydroxylation is 1. The van der Waals surface area contributed by atoms with E-state index < -0.39 is 0 Å². The molecule has 2 aromatic carbocycles. The number of benzene rings is 2. The zero-order valence-corrected chi connectivity index (χ0v) is 10.9. The lowest BCUT2D eigenvalue weighted by molar-refractivity contribution is 0.475. The van der Waals surface area contributed by atoms with Gasteiger partial charge in [0.25, 0.3) is 0 Å². The molecule has 1 atom stereocenters. The van der Waals surface area contributed by atoms with E-state index in [9.17, 15) is 5.11 Å². The van der Waals surface area contributed by atoms with Gasteiger partial charge < -0.3 is 10.4 Å². The number of nitrogens with one attached hydrogen (secondary N) is 1. The third-order valence-corrected chi connectivity index (χ3v) is 2.91. The summed E-state index contributed by atoms with van der Waals surface area (Å²) < 4.78 is 0. The Kier molecular flexibility index (Phi) is 3.88. The summed E-state index contributed by atoms with van der Waals surface area (Å²) in [5.74, 6) is 0.318. The topological polar surface area (TPSA) is 32.3 Å². The molecule has 0 heterocycles. The molecule has 1 unspecified atom stereocenters. The second-order valence-corrected chi connectivity index (χ2v) is 4.79. The van der Waals surface area contributed by atoms with E-state index in [1.165, 1.54) is 11.1 Å². The molecule has 0 aliphatic rings. The van der Waals surface area contributed by atoms with Crippen LogP contribution in [-0.4, -0.2) is 11.1 Å². The predicted molar refractivity (Wildman–Crippen MR) is 76.1 cm³/mol. The summed E-state index contributed by atoms with van der Waals surface area (Å²) in [6.45, 7) is 4.25. The van der Waals surface area contributed by atoms with Crippen LogP contribution in [0.2, 0.25) is 0 Å². The van der Waals surface area contributed by atoms with Gasteiger partial charge >= 0.3 is 0 Å². The van der Waals surface area contributed by atoms with Crippen molar-refractivity contribution in [3.63, 3.8) is 0 Å². The zero-order chi connectivity index (χ0) is 13.0. The first-order valence-electron chi connectivity index (χ1n) is 6.24. The summed E-state index contributed by atoms with van der Waals surface area (Å²) in [7, 11) is 0. The molecule has 0 saturated heterocycles. The second kappa shape index (κ2) is 5.58. The molecular weight excluding hydrogens is 222 g/mol. The highest BCUT2D eigenvalue weighted by molar-refractivity contribution is 5.46. The van der Waals surface area contributed by atoms with Crippen LogP contribution in [-0.2, 0) is 6.42 Å². The molecule has 0 fully saturated rings. The van der Waals surface area contributed by atoms with Crippen molar-refractivity contribution in [2.24, 2.45) is 0 Å². The number of rotatable bonds is 4. The van der Waals surface area contributed by atoms with Crippen LogP contribution in [0.1, 0.15) is 18.1 Å². The zero-order valence-electron chi connectivity index (χ0n) is 10.9. The van der Waals surface area contributed by atoms with E-state index in [-0.39, 0.29) is 0 Å². The Hall–Kier alpha value is -1.96. The highest BCUT2D eigenvalue weighted by atomic mass is 16.3. The Bertz CT molecular complexity index is 505. The van der Waals surface area contributed by atoms with Crippen LogP contribution in [0.5, 0.6) is 5.75 Å². The van der Waals surface area contributed by atoms with Gasteiger partial charge in [-0.3, -0.25) is 0 Å². The number of phenols is 1. The molecule has 0 amide bonds. The average molecular weight is 241 g/mol. The number of hydrogen-bond acceptors (Lipinski definition) is 2. The van der Waals surface area contributed by atoms with Crippen LogP contribution >= 0.6 is 0 Å². The van der Waals surface area contributed by atoms with E-state index in [0.717, 1.165) is 12.1 Å². The maximum absolute atomic E-state index is 9.24. The fourth-order valence-corrected chi connectivity index (χ4v) is 2.06. The van der Waals surface area contributed by atoms with Crippen molar-refractivity contribution in [3.8, 4) is 5.75 Å². The van der Waals surface area contributed by atoms with Gasteiger partial charge in [-0.15, -0.1) is 0 Å². The van der Waals surface area contributed by atoms with E-state index in [0.29, 0.717) is 11.8 Å². The lowest BCUT2D eigenvalue weighted by Gasteiger charge is -2.15. The van der Waals surface area contributed by atoms with E-state index in [4.69, 9.17) is 0 Å². The van der Waals surface area contributed by atoms with Crippen molar-refractivity contribution < 1.29 is 5.11 Å². The minimum absolute atomic E-state index is 0.318. The first kappa shape index (κ1) is 12.5. The van der Waals surface area contributed by atoms with E-state index >= 15 is 0 Å². The van der Waals surface area contributed by atoms with E-state index in [2.05, 4.69) is 43.4 Å². The van der Waals surface area contributed by atoms with Crippen LogP contribution in [0.25, 0.3) is 0 Å². The van der Waals surface area contributed by atoms with Crippen LogP contribution in [0, 0.1) is 6.92 Å². The summed E-state index contributed by atoms with van der Waals surface area (Å²) in [4.78, 5) is 0. The molecule has 0 spiro atoms. The number of aromatic hydroxyl groups is 1. The molecule has 2 aromatic rings. The van der Waals surface area contributed by atoms with Gasteiger partial charge in [0.2, 0.25) is 0 Å². The van der Waals surface area contributed by atoms with Crippen molar-refractivity contribution in [1.29, 1.82) is 0 Å². The highest BCUT2D eigenvalue weighted by Gasteiger charge is 2.03. The molecule has 0 radical (unpaired) electrons. The second-order valence-electron chi connectivity index (χ2n) is 4.79. The maximum Gasteiger partial charge on any atom is 0.115 e. The van der Waals surface area contributed by atoms with Gasteiger partial charge in [0.1, 0.15) is 5.75 Å². The number of hydrogen-bond donors (Lipinski definition) is 2. The van der Waals surface area contributed by atoms with Gasteiger partial charge in [0.05, 0.1) is 0 Å². The molecule has 18 heavy (non-hydrogen) atoms. The number of anilines is 1. The third-order valence-electron chi connectivity index (χ3n) is 2.91. The first-order valence-corrected chi connectivity index (χ1v) is 6.24. The predicted octanol–water partition coefficient (Wildman–Crippen LogP) is 3.74. The molecule has 2 heteroatoms. The molecule has 0 aliphatic carbocycles. The summed E-state index contributed by atoms with van der Waals surface area (Å²) in [6.07, 6.45) is 0.939. The SMILES string of the molecule is Cc1cccc(NC(C)Cc2ccc(O)cc2)c1. The average Bonchev–Trinajstić information content (AvgIpc) is 2.32. The van der Waals surface area contributed by atoms with Gasteiger partial charge in [0.15, 0.2) is 0 Å². The molecule has 0 bridgehead atoms. The third kappa shape index (κ3) is 3.52. The van der Waals surface area contributed by atoms with Crippen molar-refractivity contribution in [1.82, 2.24) is 0 Å². The van der Waals surface area contributed by atoms with Gasteiger partial charge in [0, 0.05) is 11.7 Å². The van der Waals surface area contributed by atoms with Gasteiger partial charge in [-0.2, -0.15) is 0 Å². The molecule has 0 aromatic heterocycles. The van der Waals surface area contributed by atoms with Crippen LogP contribution in [0.15, 0.2) is 48.5 Å². The Morgan fingerprint density at radius 2 is 1.83 bits per heavy atom. The Morgan fingerprint density at radius 3 is 2.50 bits per heavy atom.